The van der Waals surface area contributed by atoms with Gasteiger partial charge in [0.05, 0.1) is 4.90 Å². The maximum absolute atomic E-state index is 12.6. The Labute approximate surface area is 184 Å². The van der Waals surface area contributed by atoms with Gasteiger partial charge < -0.3 is 15.2 Å². The lowest BCUT2D eigenvalue weighted by Gasteiger charge is -2.16. The number of guanidine groups is 1. The summed E-state index contributed by atoms with van der Waals surface area (Å²) in [5, 5.41) is 6.52. The molecule has 3 rings (SSSR count). The summed E-state index contributed by atoms with van der Waals surface area (Å²) in [6.07, 6.45) is 5.93. The summed E-state index contributed by atoms with van der Waals surface area (Å²) < 4.78 is 28.8. The molecule has 7 nitrogen and oxygen atoms in total. The van der Waals surface area contributed by atoms with Gasteiger partial charge in [-0.3, -0.25) is 4.99 Å². The van der Waals surface area contributed by atoms with Gasteiger partial charge in [0.25, 0.3) is 0 Å². The van der Waals surface area contributed by atoms with Crippen molar-refractivity contribution < 1.29 is 8.42 Å². The number of halogens is 1. The highest BCUT2D eigenvalue weighted by Crippen LogP contribution is 2.21. The third-order valence-electron chi connectivity index (χ3n) is 4.64. The van der Waals surface area contributed by atoms with Crippen LogP contribution in [0.15, 0.2) is 58.7 Å². The maximum Gasteiger partial charge on any atom is 0.243 e. The number of hydrogen-bond acceptors (Lipinski definition) is 3. The van der Waals surface area contributed by atoms with E-state index in [4.69, 9.17) is 0 Å². The molecule has 0 unspecified atom stereocenters. The Morgan fingerprint density at radius 2 is 1.71 bits per heavy atom. The van der Waals surface area contributed by atoms with Crippen LogP contribution in [0.4, 0.5) is 0 Å². The first kappa shape index (κ1) is 22.7. The van der Waals surface area contributed by atoms with E-state index in [9.17, 15) is 8.42 Å². The molecule has 1 aliphatic heterocycles. The average Bonchev–Trinajstić information content (AvgIpc) is 3.39. The second-order valence-corrected chi connectivity index (χ2v) is 8.47. The van der Waals surface area contributed by atoms with Gasteiger partial charge >= 0.3 is 0 Å². The molecule has 1 fully saturated rings. The fourth-order valence-electron chi connectivity index (χ4n) is 3.09. The highest BCUT2D eigenvalue weighted by molar-refractivity contribution is 14.0. The van der Waals surface area contributed by atoms with E-state index in [-0.39, 0.29) is 24.0 Å². The number of sulfonamides is 1. The van der Waals surface area contributed by atoms with Gasteiger partial charge in [-0.25, -0.2) is 8.42 Å². The third-order valence-corrected chi connectivity index (χ3v) is 6.55. The van der Waals surface area contributed by atoms with Crippen molar-refractivity contribution in [2.75, 3.05) is 26.7 Å². The van der Waals surface area contributed by atoms with Gasteiger partial charge in [-0.05, 0) is 42.7 Å². The molecule has 1 aromatic carbocycles. The molecule has 1 aliphatic rings. The lowest BCUT2D eigenvalue weighted by Crippen LogP contribution is -2.38. The van der Waals surface area contributed by atoms with E-state index < -0.39 is 10.0 Å². The molecule has 1 aromatic heterocycles. The molecule has 0 radical (unpaired) electrons. The Morgan fingerprint density at radius 3 is 2.32 bits per heavy atom. The lowest BCUT2D eigenvalue weighted by molar-refractivity contribution is 0.477. The number of hydrogen-bond donors (Lipinski definition) is 2. The zero-order valence-corrected chi connectivity index (χ0v) is 19.2. The smallest absolute Gasteiger partial charge is 0.243 e. The molecule has 0 bridgehead atoms. The highest BCUT2D eigenvalue weighted by atomic mass is 127. The van der Waals surface area contributed by atoms with Gasteiger partial charge in [0.1, 0.15) is 0 Å². The van der Waals surface area contributed by atoms with E-state index >= 15 is 0 Å². The molecule has 0 aliphatic carbocycles. The van der Waals surface area contributed by atoms with Crippen LogP contribution in [0, 0.1) is 0 Å². The molecule has 0 spiro atoms. The molecule has 9 heteroatoms. The van der Waals surface area contributed by atoms with Gasteiger partial charge in [-0.2, -0.15) is 4.31 Å². The fourth-order valence-corrected chi connectivity index (χ4v) is 4.60. The fraction of sp³-hybridized carbons (Fsp3) is 0.421. The number of benzene rings is 1. The van der Waals surface area contributed by atoms with Crippen LogP contribution >= 0.6 is 24.0 Å². The summed E-state index contributed by atoms with van der Waals surface area (Å²) in [6, 6.07) is 11.1. The average molecular weight is 517 g/mol. The highest BCUT2D eigenvalue weighted by Gasteiger charge is 2.26. The van der Waals surface area contributed by atoms with Crippen molar-refractivity contribution in [1.29, 1.82) is 0 Å². The Kier molecular flexibility index (Phi) is 8.77. The first-order chi connectivity index (χ1) is 13.1. The zero-order chi connectivity index (χ0) is 19.1. The molecule has 0 amide bonds. The number of aliphatic imine (C=N–C) groups is 1. The first-order valence-electron chi connectivity index (χ1n) is 9.24. The van der Waals surface area contributed by atoms with E-state index in [1.807, 2.05) is 36.7 Å². The van der Waals surface area contributed by atoms with Gasteiger partial charge in [0.15, 0.2) is 5.96 Å². The first-order valence-corrected chi connectivity index (χ1v) is 10.7. The van der Waals surface area contributed by atoms with Crippen LogP contribution in [0.25, 0.3) is 0 Å². The summed E-state index contributed by atoms with van der Waals surface area (Å²) in [4.78, 5) is 4.58. The molecule has 154 valence electrons. The van der Waals surface area contributed by atoms with Crippen molar-refractivity contribution in [3.05, 3.63) is 54.4 Å². The van der Waals surface area contributed by atoms with Gasteiger partial charge in [-0.15, -0.1) is 24.0 Å². The van der Waals surface area contributed by atoms with E-state index in [2.05, 4.69) is 20.2 Å². The minimum atomic E-state index is -3.35. The minimum Gasteiger partial charge on any atom is -0.355 e. The van der Waals surface area contributed by atoms with Crippen molar-refractivity contribution in [3.8, 4) is 0 Å². The van der Waals surface area contributed by atoms with Crippen LogP contribution in [0.5, 0.6) is 0 Å². The number of rotatable bonds is 7. The summed E-state index contributed by atoms with van der Waals surface area (Å²) in [5.41, 5.74) is 1.00. The minimum absolute atomic E-state index is 0. The van der Waals surface area contributed by atoms with Gasteiger partial charge in [0, 0.05) is 52.2 Å². The van der Waals surface area contributed by atoms with Crippen LogP contribution in [-0.2, 0) is 23.1 Å². The summed E-state index contributed by atoms with van der Waals surface area (Å²) in [7, 11) is -1.62. The number of nitrogens with zero attached hydrogens (tertiary/aromatic N) is 3. The predicted molar refractivity (Wildman–Crippen MR) is 122 cm³/mol. The zero-order valence-electron chi connectivity index (χ0n) is 16.0. The van der Waals surface area contributed by atoms with Crippen LogP contribution in [0.3, 0.4) is 0 Å². The van der Waals surface area contributed by atoms with Gasteiger partial charge in [-0.1, -0.05) is 12.1 Å². The third kappa shape index (κ3) is 5.95. The monoisotopic (exact) mass is 517 g/mol. The second-order valence-electron chi connectivity index (χ2n) is 6.53. The molecule has 0 saturated carbocycles. The largest absolute Gasteiger partial charge is 0.355 e. The topological polar surface area (TPSA) is 78.7 Å². The molecule has 1 saturated heterocycles. The van der Waals surface area contributed by atoms with Crippen LogP contribution < -0.4 is 10.6 Å². The molecular formula is C19H28IN5O2S. The SMILES string of the molecule is CN=C(NCCn1cccc1)NCc1ccc(S(=O)(=O)N2CCCC2)cc1.I. The second kappa shape index (κ2) is 10.8. The molecule has 28 heavy (non-hydrogen) atoms. The van der Waals surface area contributed by atoms with Crippen molar-refractivity contribution in [2.45, 2.75) is 30.8 Å². The van der Waals surface area contributed by atoms with Crippen molar-refractivity contribution in [1.82, 2.24) is 19.5 Å². The Hall–Kier alpha value is -1.59. The van der Waals surface area contributed by atoms with Gasteiger partial charge in [0.2, 0.25) is 10.0 Å². The van der Waals surface area contributed by atoms with E-state index in [0.717, 1.165) is 37.5 Å². The number of aromatic nitrogens is 1. The quantitative estimate of drug-likeness (QED) is 0.336. The van der Waals surface area contributed by atoms with Crippen LogP contribution in [0.2, 0.25) is 0 Å². The maximum atomic E-state index is 12.6. The predicted octanol–water partition coefficient (Wildman–Crippen LogP) is 2.26. The van der Waals surface area contributed by atoms with E-state index in [1.165, 1.54) is 0 Å². The van der Waals surface area contributed by atoms with E-state index in [1.54, 1.807) is 23.5 Å². The molecule has 0 atom stereocenters. The summed E-state index contributed by atoms with van der Waals surface area (Å²) in [6.45, 7) is 3.44. The Morgan fingerprint density at radius 1 is 1.07 bits per heavy atom. The van der Waals surface area contributed by atoms with E-state index in [0.29, 0.717) is 24.5 Å². The lowest BCUT2D eigenvalue weighted by atomic mass is 10.2. The Bertz CT molecular complexity index is 845. The van der Waals surface area contributed by atoms with Crippen LogP contribution in [-0.4, -0.2) is 49.9 Å². The van der Waals surface area contributed by atoms with Crippen molar-refractivity contribution in [3.63, 3.8) is 0 Å². The van der Waals surface area contributed by atoms with Crippen molar-refractivity contribution in [2.24, 2.45) is 4.99 Å². The summed E-state index contributed by atoms with van der Waals surface area (Å²) >= 11 is 0. The molecule has 2 heterocycles. The standard InChI is InChI=1S/C19H27N5O2S.HI/c1-20-19(21-10-15-23-11-2-3-12-23)22-16-17-6-8-18(9-7-17)27(25,26)24-13-4-5-14-24;/h2-3,6-9,11-12H,4-5,10,13-16H2,1H3,(H2,20,21,22);1H. The molecular weight excluding hydrogens is 489 g/mol. The molecule has 2 N–H and O–H groups in total. The number of nitrogens with one attached hydrogen (secondary N) is 2. The molecule has 2 aromatic rings. The van der Waals surface area contributed by atoms with Crippen LogP contribution in [0.1, 0.15) is 18.4 Å². The Balaban J connectivity index is 0.00000280. The normalized spacial score (nSPS) is 15.2. The van der Waals surface area contributed by atoms with Crippen molar-refractivity contribution >= 4 is 40.0 Å². The summed E-state index contributed by atoms with van der Waals surface area (Å²) in [5.74, 6) is 0.718.